The van der Waals surface area contributed by atoms with Crippen LogP contribution in [-0.2, 0) is 15.7 Å². The highest BCUT2D eigenvalue weighted by atomic mass is 32.2. The summed E-state index contributed by atoms with van der Waals surface area (Å²) in [6, 6.07) is 9.97. The number of anilines is 2. The van der Waals surface area contributed by atoms with E-state index in [0.717, 1.165) is 56.1 Å². The maximum absolute atomic E-state index is 11.8. The van der Waals surface area contributed by atoms with Crippen molar-refractivity contribution in [3.63, 3.8) is 0 Å². The number of piperidine rings is 1. The summed E-state index contributed by atoms with van der Waals surface area (Å²) in [4.78, 5) is 11.8. The molecule has 1 aromatic carbocycles. The zero-order chi connectivity index (χ0) is 21.8. The molecular weight excluding hydrogens is 412 g/mol. The van der Waals surface area contributed by atoms with E-state index in [4.69, 9.17) is 20.1 Å². The van der Waals surface area contributed by atoms with E-state index in [-0.39, 0.29) is 5.92 Å². The van der Waals surface area contributed by atoms with Crippen LogP contribution in [0.3, 0.4) is 0 Å². The summed E-state index contributed by atoms with van der Waals surface area (Å²) in [5.41, 5.74) is 3.19. The topological polar surface area (TPSA) is 94.4 Å². The summed E-state index contributed by atoms with van der Waals surface area (Å²) < 4.78 is 19.2. The number of aromatic nitrogens is 2. The summed E-state index contributed by atoms with van der Waals surface area (Å²) in [7, 11) is 0.943. The molecule has 2 aliphatic rings. The van der Waals surface area contributed by atoms with Crippen LogP contribution < -0.4 is 10.2 Å². The van der Waals surface area contributed by atoms with Crippen molar-refractivity contribution in [3.05, 3.63) is 36.0 Å². The van der Waals surface area contributed by atoms with Crippen LogP contribution in [0.5, 0.6) is 0 Å². The van der Waals surface area contributed by atoms with Gasteiger partial charge in [0.2, 0.25) is 0 Å². The van der Waals surface area contributed by atoms with Gasteiger partial charge in [0, 0.05) is 62.7 Å². The zero-order valence-electron chi connectivity index (χ0n) is 18.1. The van der Waals surface area contributed by atoms with Crippen LogP contribution in [0.4, 0.5) is 11.5 Å². The molecule has 2 aliphatic heterocycles. The summed E-state index contributed by atoms with van der Waals surface area (Å²) in [5, 5.41) is 12.0. The van der Waals surface area contributed by atoms with Crippen LogP contribution >= 0.6 is 0 Å². The molecule has 166 valence electrons. The van der Waals surface area contributed by atoms with Crippen LogP contribution in [0.15, 0.2) is 30.3 Å². The third-order valence-electron chi connectivity index (χ3n) is 5.98. The van der Waals surface area contributed by atoms with Crippen LogP contribution in [0.25, 0.3) is 11.4 Å². The van der Waals surface area contributed by atoms with Crippen molar-refractivity contribution in [2.75, 3.05) is 62.9 Å². The van der Waals surface area contributed by atoms with Gasteiger partial charge in [0.1, 0.15) is 5.82 Å². The first-order valence-corrected chi connectivity index (χ1v) is 12.2. The molecule has 2 saturated heterocycles. The van der Waals surface area contributed by atoms with E-state index in [0.29, 0.717) is 30.4 Å². The Morgan fingerprint density at radius 1 is 1.13 bits per heavy atom. The number of ether oxygens (including phenoxy) is 1. The van der Waals surface area contributed by atoms with E-state index in [1.165, 1.54) is 0 Å². The van der Waals surface area contributed by atoms with Gasteiger partial charge in [-0.3, -0.25) is 0 Å². The standard InChI is InChI=1S/C22H30N6O2S/c1-24-18-5-3-17(4-6-18)22-25-19(15-20(26-22)27-11-13-30-14-12-27)21(23)16-7-9-28(10-8-16)31(2)29/h3-6,15-16,23-24H,7-14H2,1-2H3. The number of hydrogen-bond acceptors (Lipinski definition) is 7. The molecule has 4 rings (SSSR count). The molecular formula is C22H30N6O2S. The van der Waals surface area contributed by atoms with Crippen molar-refractivity contribution >= 4 is 28.2 Å². The smallest absolute Gasteiger partial charge is 0.162 e. The Labute approximate surface area is 186 Å². The minimum absolute atomic E-state index is 0.117. The second-order valence-electron chi connectivity index (χ2n) is 7.90. The third kappa shape index (κ3) is 5.11. The molecule has 1 atom stereocenters. The molecule has 0 bridgehead atoms. The monoisotopic (exact) mass is 442 g/mol. The fourth-order valence-electron chi connectivity index (χ4n) is 4.05. The van der Waals surface area contributed by atoms with Gasteiger partial charge in [0.05, 0.1) is 35.6 Å². The molecule has 31 heavy (non-hydrogen) atoms. The van der Waals surface area contributed by atoms with Gasteiger partial charge in [-0.2, -0.15) is 0 Å². The highest BCUT2D eigenvalue weighted by molar-refractivity contribution is 7.81. The first-order chi connectivity index (χ1) is 15.0. The predicted octanol–water partition coefficient (Wildman–Crippen LogP) is 2.40. The van der Waals surface area contributed by atoms with E-state index >= 15 is 0 Å². The molecule has 0 radical (unpaired) electrons. The lowest BCUT2D eigenvalue weighted by molar-refractivity contribution is 0.122. The second-order valence-corrected chi connectivity index (χ2v) is 9.27. The minimum atomic E-state index is -0.950. The van der Waals surface area contributed by atoms with Gasteiger partial charge in [-0.05, 0) is 37.1 Å². The molecule has 9 heteroatoms. The van der Waals surface area contributed by atoms with Crippen LogP contribution in [0.1, 0.15) is 18.5 Å². The number of nitrogens with one attached hydrogen (secondary N) is 2. The molecule has 8 nitrogen and oxygen atoms in total. The van der Waals surface area contributed by atoms with Crippen molar-refractivity contribution < 1.29 is 8.95 Å². The molecule has 1 aromatic heterocycles. The minimum Gasteiger partial charge on any atom is -0.388 e. The number of morpholine rings is 1. The van der Waals surface area contributed by atoms with Gasteiger partial charge in [0.15, 0.2) is 5.82 Å². The van der Waals surface area contributed by atoms with Crippen molar-refractivity contribution in [3.8, 4) is 11.4 Å². The van der Waals surface area contributed by atoms with Gasteiger partial charge in [-0.1, -0.05) is 0 Å². The Morgan fingerprint density at radius 3 is 2.42 bits per heavy atom. The first kappa shape index (κ1) is 21.9. The van der Waals surface area contributed by atoms with E-state index in [1.807, 2.05) is 41.7 Å². The number of nitrogens with zero attached hydrogens (tertiary/aromatic N) is 4. The van der Waals surface area contributed by atoms with Gasteiger partial charge in [0.25, 0.3) is 0 Å². The Morgan fingerprint density at radius 2 is 1.81 bits per heavy atom. The summed E-state index contributed by atoms with van der Waals surface area (Å²) in [5.74, 6) is 1.60. The summed E-state index contributed by atoms with van der Waals surface area (Å²) in [6.07, 6.45) is 3.36. The quantitative estimate of drug-likeness (QED) is 0.667. The predicted molar refractivity (Wildman–Crippen MR) is 125 cm³/mol. The SMILES string of the molecule is CNc1ccc(-c2nc(C(=N)C3CCN(S(C)=O)CC3)cc(N3CCOCC3)n2)cc1. The van der Waals surface area contributed by atoms with E-state index < -0.39 is 11.0 Å². The molecule has 2 aromatic rings. The van der Waals surface area contributed by atoms with Gasteiger partial charge >= 0.3 is 0 Å². The van der Waals surface area contributed by atoms with Gasteiger partial charge in [-0.25, -0.2) is 18.5 Å². The Bertz CT molecular complexity index is 938. The lowest BCUT2D eigenvalue weighted by atomic mass is 9.91. The van der Waals surface area contributed by atoms with Crippen LogP contribution in [0.2, 0.25) is 0 Å². The van der Waals surface area contributed by atoms with Crippen LogP contribution in [0, 0.1) is 11.3 Å². The molecule has 0 aliphatic carbocycles. The van der Waals surface area contributed by atoms with Crippen LogP contribution in [-0.4, -0.2) is 76.9 Å². The molecule has 2 fully saturated rings. The Kier molecular flexibility index (Phi) is 6.94. The van der Waals surface area contributed by atoms with E-state index in [2.05, 4.69) is 10.2 Å². The van der Waals surface area contributed by atoms with Crippen molar-refractivity contribution in [1.82, 2.24) is 14.3 Å². The lowest BCUT2D eigenvalue weighted by Gasteiger charge is -2.31. The number of hydrogen-bond donors (Lipinski definition) is 2. The van der Waals surface area contributed by atoms with E-state index in [9.17, 15) is 4.21 Å². The fourth-order valence-corrected chi connectivity index (χ4v) is 4.78. The van der Waals surface area contributed by atoms with Gasteiger partial charge < -0.3 is 20.4 Å². The summed E-state index contributed by atoms with van der Waals surface area (Å²) >= 11 is 0. The number of benzene rings is 1. The average Bonchev–Trinajstić information content (AvgIpc) is 2.84. The normalized spacial score (nSPS) is 19.2. The van der Waals surface area contributed by atoms with Crippen molar-refractivity contribution in [2.45, 2.75) is 12.8 Å². The zero-order valence-corrected chi connectivity index (χ0v) is 19.0. The lowest BCUT2D eigenvalue weighted by Crippen LogP contribution is -2.38. The van der Waals surface area contributed by atoms with E-state index in [1.54, 1.807) is 6.26 Å². The molecule has 0 spiro atoms. The highest BCUT2D eigenvalue weighted by Crippen LogP contribution is 2.26. The Hall–Kier alpha value is -2.36. The highest BCUT2D eigenvalue weighted by Gasteiger charge is 2.27. The Balaban J connectivity index is 1.64. The molecule has 1 unspecified atom stereocenters. The molecule has 0 amide bonds. The first-order valence-electron chi connectivity index (χ1n) is 10.7. The molecule has 2 N–H and O–H groups in total. The van der Waals surface area contributed by atoms with Crippen molar-refractivity contribution in [2.24, 2.45) is 5.92 Å². The maximum Gasteiger partial charge on any atom is 0.162 e. The average molecular weight is 443 g/mol. The third-order valence-corrected chi connectivity index (χ3v) is 7.07. The van der Waals surface area contributed by atoms with Crippen molar-refractivity contribution in [1.29, 1.82) is 5.41 Å². The maximum atomic E-state index is 11.8. The largest absolute Gasteiger partial charge is 0.388 e. The van der Waals surface area contributed by atoms with Gasteiger partial charge in [-0.15, -0.1) is 0 Å². The fraction of sp³-hybridized carbons (Fsp3) is 0.500. The number of rotatable bonds is 6. The molecule has 0 saturated carbocycles. The molecule has 3 heterocycles. The summed E-state index contributed by atoms with van der Waals surface area (Å²) in [6.45, 7) is 4.41. The second kappa shape index (κ2) is 9.84.